The minimum atomic E-state index is -4.83. The Morgan fingerprint density at radius 2 is 1.95 bits per heavy atom. The van der Waals surface area contributed by atoms with E-state index in [0.29, 0.717) is 0 Å². The van der Waals surface area contributed by atoms with E-state index in [9.17, 15) is 17.7 Å². The summed E-state index contributed by atoms with van der Waals surface area (Å²) < 4.78 is 53.6. The number of alkyl halides is 3. The number of nitrogens with zero attached hydrogens (tertiary/aromatic N) is 1. The highest BCUT2D eigenvalue weighted by Crippen LogP contribution is 2.37. The summed E-state index contributed by atoms with van der Waals surface area (Å²) in [4.78, 5) is 17.2. The molecular weight excluding hydrogens is 310 g/mol. The zero-order valence-electron chi connectivity index (χ0n) is 11.4. The van der Waals surface area contributed by atoms with E-state index in [2.05, 4.69) is 9.78 Å². The molecule has 0 amide bonds. The summed E-state index contributed by atoms with van der Waals surface area (Å²) in [6.45, 7) is 3.16. The maximum atomic E-state index is 13.0. The molecule has 0 saturated carbocycles. The van der Waals surface area contributed by atoms with Gasteiger partial charge in [0.2, 0.25) is 0 Å². The molecule has 0 unspecified atom stereocenters. The third kappa shape index (κ3) is 4.84. The minimum Gasteiger partial charge on any atom is -0.292 e. The fourth-order valence-corrected chi connectivity index (χ4v) is 2.12. The molecule has 5 nitrogen and oxygen atoms in total. The van der Waals surface area contributed by atoms with E-state index in [1.807, 2.05) is 0 Å². The second-order valence-corrected chi connectivity index (χ2v) is 5.29. The lowest BCUT2D eigenvalue weighted by molar-refractivity contribution is -0.138. The lowest BCUT2D eigenvalue weighted by Crippen LogP contribution is -2.13. The molecule has 1 aromatic rings. The van der Waals surface area contributed by atoms with Crippen LogP contribution in [0.2, 0.25) is 0 Å². The van der Waals surface area contributed by atoms with E-state index < -0.39 is 19.6 Å². The summed E-state index contributed by atoms with van der Waals surface area (Å²) in [5.74, 6) is 0. The van der Waals surface area contributed by atoms with Crippen LogP contribution in [0.15, 0.2) is 23.4 Å². The summed E-state index contributed by atoms with van der Waals surface area (Å²) in [5, 5.41) is 3.30. The highest BCUT2D eigenvalue weighted by molar-refractivity contribution is 7.46. The van der Waals surface area contributed by atoms with Crippen LogP contribution < -0.4 is 0 Å². The molecule has 0 heterocycles. The third-order valence-electron chi connectivity index (χ3n) is 2.74. The summed E-state index contributed by atoms with van der Waals surface area (Å²) in [6, 6.07) is 3.60. The van der Waals surface area contributed by atoms with Gasteiger partial charge in [0.05, 0.1) is 11.3 Å². The van der Waals surface area contributed by atoms with E-state index in [1.165, 1.54) is 12.1 Å². The first kappa shape index (κ1) is 17.7. The van der Waals surface area contributed by atoms with E-state index in [-0.39, 0.29) is 29.7 Å². The van der Waals surface area contributed by atoms with Gasteiger partial charge < -0.3 is 0 Å². The van der Waals surface area contributed by atoms with Crippen molar-refractivity contribution in [1.82, 2.24) is 0 Å². The Hall–Kier alpha value is -1.37. The Morgan fingerprint density at radius 3 is 2.38 bits per heavy atom. The van der Waals surface area contributed by atoms with Crippen molar-refractivity contribution < 1.29 is 32.1 Å². The highest BCUT2D eigenvalue weighted by atomic mass is 31.2. The van der Waals surface area contributed by atoms with Gasteiger partial charge in [0.25, 0.3) is 0 Å². The number of hydrogen-bond acceptors (Lipinski definition) is 3. The molecule has 1 rings (SSSR count). The molecule has 0 radical (unpaired) electrons. The predicted molar refractivity (Wildman–Crippen MR) is 70.8 cm³/mol. The van der Waals surface area contributed by atoms with Gasteiger partial charge in [-0.1, -0.05) is 31.1 Å². The minimum absolute atomic E-state index is 0.0138. The molecule has 2 N–H and O–H groups in total. The first-order valence-corrected chi connectivity index (χ1v) is 7.63. The summed E-state index contributed by atoms with van der Waals surface area (Å²) >= 11 is 0. The van der Waals surface area contributed by atoms with Gasteiger partial charge in [-0.15, -0.1) is 0 Å². The number of halogens is 3. The van der Waals surface area contributed by atoms with Crippen molar-refractivity contribution in [3.8, 4) is 0 Å². The quantitative estimate of drug-likeness (QED) is 0.493. The number of hydrogen-bond donors (Lipinski definition) is 2. The Balaban J connectivity index is 3.37. The average Bonchev–Trinajstić information content (AvgIpc) is 2.36. The Kier molecular flexibility index (Phi) is 5.55. The normalized spacial score (nSPS) is 13.4. The summed E-state index contributed by atoms with van der Waals surface area (Å²) in [6.07, 6.45) is -4.25. The Morgan fingerprint density at radius 1 is 1.33 bits per heavy atom. The van der Waals surface area contributed by atoms with Crippen molar-refractivity contribution in [1.29, 1.82) is 0 Å². The van der Waals surface area contributed by atoms with E-state index in [1.54, 1.807) is 13.8 Å². The lowest BCUT2D eigenvalue weighted by atomic mass is 9.94. The van der Waals surface area contributed by atoms with E-state index >= 15 is 0 Å². The van der Waals surface area contributed by atoms with Gasteiger partial charge in [-0.05, 0) is 24.5 Å². The molecule has 0 spiro atoms. The van der Waals surface area contributed by atoms with Gasteiger partial charge >= 0.3 is 14.0 Å². The molecule has 21 heavy (non-hydrogen) atoms. The maximum Gasteiger partial charge on any atom is 0.545 e. The van der Waals surface area contributed by atoms with Crippen molar-refractivity contribution in [3.05, 3.63) is 34.9 Å². The van der Waals surface area contributed by atoms with Crippen LogP contribution in [0, 0.1) is 0 Å². The molecule has 0 saturated heterocycles. The Bertz CT molecular complexity index is 580. The topological polar surface area (TPSA) is 79.1 Å². The molecule has 0 fully saturated rings. The monoisotopic (exact) mass is 325 g/mol. The predicted octanol–water partition coefficient (Wildman–Crippen LogP) is 3.49. The SMILES string of the molecule is CCC(=NOP(=O)(O)O)c1cccc(C(F)(F)F)c1CC. The molecule has 0 bridgehead atoms. The van der Waals surface area contributed by atoms with Gasteiger partial charge in [0.15, 0.2) is 0 Å². The maximum absolute atomic E-state index is 13.0. The molecule has 0 atom stereocenters. The Labute approximate surface area is 119 Å². The first-order chi connectivity index (χ1) is 9.60. The largest absolute Gasteiger partial charge is 0.545 e. The molecule has 9 heteroatoms. The van der Waals surface area contributed by atoms with Crippen LogP contribution in [0.5, 0.6) is 0 Å². The molecule has 0 aromatic heterocycles. The molecular formula is C12H15F3NO4P. The second kappa shape index (κ2) is 6.60. The first-order valence-electron chi connectivity index (χ1n) is 6.10. The van der Waals surface area contributed by atoms with E-state index in [4.69, 9.17) is 9.79 Å². The van der Waals surface area contributed by atoms with Crippen LogP contribution in [0.25, 0.3) is 0 Å². The third-order valence-corrected chi connectivity index (χ3v) is 3.03. The fraction of sp³-hybridized carbons (Fsp3) is 0.417. The average molecular weight is 325 g/mol. The van der Waals surface area contributed by atoms with Gasteiger partial charge in [-0.2, -0.15) is 13.2 Å². The van der Waals surface area contributed by atoms with Crippen LogP contribution in [0.1, 0.15) is 37.0 Å². The van der Waals surface area contributed by atoms with Crippen molar-refractivity contribution in [2.75, 3.05) is 0 Å². The van der Waals surface area contributed by atoms with Crippen LogP contribution in [-0.2, 0) is 21.8 Å². The molecule has 0 aliphatic carbocycles. The van der Waals surface area contributed by atoms with Gasteiger partial charge in [0.1, 0.15) is 0 Å². The summed E-state index contributed by atoms with van der Waals surface area (Å²) in [7, 11) is -4.83. The van der Waals surface area contributed by atoms with Crippen molar-refractivity contribution in [3.63, 3.8) is 0 Å². The van der Waals surface area contributed by atoms with Crippen molar-refractivity contribution >= 4 is 13.5 Å². The highest BCUT2D eigenvalue weighted by Gasteiger charge is 2.34. The number of phosphoric acid groups is 1. The molecule has 1 aromatic carbocycles. The molecule has 0 aliphatic heterocycles. The lowest BCUT2D eigenvalue weighted by Gasteiger charge is -2.16. The standard InChI is InChI=1S/C12H15F3NO4P/c1-3-8-9(6-5-7-10(8)12(13,14)15)11(4-2)16-20-21(17,18)19/h5-7H,3-4H2,1-2H3,(H2,17,18,19). The summed E-state index contributed by atoms with van der Waals surface area (Å²) in [5.41, 5.74) is -0.565. The van der Waals surface area contributed by atoms with E-state index in [0.717, 1.165) is 6.07 Å². The van der Waals surface area contributed by atoms with Crippen molar-refractivity contribution in [2.45, 2.75) is 32.9 Å². The molecule has 0 aliphatic rings. The zero-order valence-corrected chi connectivity index (χ0v) is 12.3. The van der Waals surface area contributed by atoms with Gasteiger partial charge in [0, 0.05) is 5.56 Å². The van der Waals surface area contributed by atoms with Crippen molar-refractivity contribution in [2.24, 2.45) is 5.16 Å². The van der Waals surface area contributed by atoms with Gasteiger partial charge in [-0.25, -0.2) is 4.57 Å². The van der Waals surface area contributed by atoms with Crippen LogP contribution in [0.4, 0.5) is 13.2 Å². The zero-order chi connectivity index (χ0) is 16.3. The number of oxime groups is 1. The number of benzene rings is 1. The smallest absolute Gasteiger partial charge is 0.292 e. The second-order valence-electron chi connectivity index (χ2n) is 4.15. The molecule has 118 valence electrons. The van der Waals surface area contributed by atoms with Crippen LogP contribution in [0.3, 0.4) is 0 Å². The number of rotatable bonds is 5. The van der Waals surface area contributed by atoms with Crippen LogP contribution in [-0.4, -0.2) is 15.5 Å². The van der Waals surface area contributed by atoms with Gasteiger partial charge in [-0.3, -0.25) is 14.4 Å². The fourth-order valence-electron chi connectivity index (χ4n) is 1.91. The van der Waals surface area contributed by atoms with Crippen LogP contribution >= 0.6 is 7.82 Å².